The molecule has 4 nitrogen and oxygen atoms in total. The van der Waals surface area contributed by atoms with Crippen LogP contribution in [0, 0.1) is 6.92 Å². The van der Waals surface area contributed by atoms with Crippen LogP contribution < -0.4 is 10.5 Å². The van der Waals surface area contributed by atoms with E-state index < -0.39 is 10.0 Å². The number of hydrogen-bond donors (Lipinski definition) is 2. The van der Waals surface area contributed by atoms with Gasteiger partial charge < -0.3 is 5.73 Å². The lowest BCUT2D eigenvalue weighted by Crippen LogP contribution is -2.15. The molecule has 2 rings (SSSR count). The van der Waals surface area contributed by atoms with E-state index in [0.29, 0.717) is 11.4 Å². The van der Waals surface area contributed by atoms with Gasteiger partial charge in [-0.05, 0) is 42.8 Å². The molecule has 0 aliphatic carbocycles. The van der Waals surface area contributed by atoms with E-state index in [0.717, 1.165) is 10.0 Å². The van der Waals surface area contributed by atoms with E-state index in [1.807, 2.05) is 0 Å². The maximum atomic E-state index is 12.2. The van der Waals surface area contributed by atoms with Crippen molar-refractivity contribution in [3.63, 3.8) is 0 Å². The van der Waals surface area contributed by atoms with Crippen LogP contribution in [0.3, 0.4) is 0 Å². The lowest BCUT2D eigenvalue weighted by molar-refractivity contribution is 0.601. The van der Waals surface area contributed by atoms with Gasteiger partial charge in [-0.25, -0.2) is 8.42 Å². The van der Waals surface area contributed by atoms with Crippen molar-refractivity contribution in [2.75, 3.05) is 10.5 Å². The highest BCUT2D eigenvalue weighted by molar-refractivity contribution is 9.10. The molecule has 0 saturated heterocycles. The Bertz CT molecular complexity index is 677. The van der Waals surface area contributed by atoms with Gasteiger partial charge in [0.05, 0.1) is 16.3 Å². The van der Waals surface area contributed by atoms with Crippen molar-refractivity contribution in [2.24, 2.45) is 0 Å². The highest BCUT2D eigenvalue weighted by Gasteiger charge is 2.16. The van der Waals surface area contributed by atoms with E-state index in [-0.39, 0.29) is 4.90 Å². The highest BCUT2D eigenvalue weighted by atomic mass is 79.9. The minimum Gasteiger partial charge on any atom is -0.397 e. The molecule has 0 aliphatic rings. The molecule has 0 saturated carbocycles. The topological polar surface area (TPSA) is 72.2 Å². The minimum atomic E-state index is -3.63. The zero-order valence-corrected chi connectivity index (χ0v) is 12.6. The van der Waals surface area contributed by atoms with Crippen molar-refractivity contribution in [3.8, 4) is 0 Å². The van der Waals surface area contributed by atoms with Gasteiger partial charge in [0.25, 0.3) is 10.0 Å². The van der Waals surface area contributed by atoms with Gasteiger partial charge in [-0.1, -0.05) is 28.1 Å². The van der Waals surface area contributed by atoms with E-state index >= 15 is 0 Å². The van der Waals surface area contributed by atoms with Crippen LogP contribution in [0.25, 0.3) is 0 Å². The summed E-state index contributed by atoms with van der Waals surface area (Å²) in [7, 11) is -3.63. The summed E-state index contributed by atoms with van der Waals surface area (Å²) in [5.74, 6) is 0. The molecule has 0 fully saturated rings. The Morgan fingerprint density at radius 3 is 2.32 bits per heavy atom. The molecule has 0 atom stereocenters. The standard InChI is InChI=1S/C13H13BrN2O2S/c1-9-3-2-4-12(15)13(9)16-19(17,18)11-7-5-10(14)6-8-11/h2-8,16H,15H2,1H3. The molecule has 0 amide bonds. The summed E-state index contributed by atoms with van der Waals surface area (Å²) in [5, 5.41) is 0. The number of para-hydroxylation sites is 1. The lowest BCUT2D eigenvalue weighted by atomic mass is 10.2. The molecule has 2 aromatic rings. The van der Waals surface area contributed by atoms with E-state index in [2.05, 4.69) is 20.7 Å². The van der Waals surface area contributed by atoms with Crippen LogP contribution in [0.1, 0.15) is 5.56 Å². The molecule has 0 heterocycles. The molecule has 0 unspecified atom stereocenters. The van der Waals surface area contributed by atoms with Gasteiger partial charge in [-0.15, -0.1) is 0 Å². The third-order valence-corrected chi connectivity index (χ3v) is 4.56. The summed E-state index contributed by atoms with van der Waals surface area (Å²) in [4.78, 5) is 0.193. The Balaban J connectivity index is 2.39. The second kappa shape index (κ2) is 5.22. The SMILES string of the molecule is Cc1cccc(N)c1NS(=O)(=O)c1ccc(Br)cc1. The molecule has 19 heavy (non-hydrogen) atoms. The molecule has 100 valence electrons. The smallest absolute Gasteiger partial charge is 0.261 e. The number of halogens is 1. The molecule has 3 N–H and O–H groups in total. The molecule has 0 aromatic heterocycles. The predicted molar refractivity (Wildman–Crippen MR) is 80.5 cm³/mol. The molecule has 0 aliphatic heterocycles. The van der Waals surface area contributed by atoms with Crippen molar-refractivity contribution in [1.29, 1.82) is 0 Å². The summed E-state index contributed by atoms with van der Waals surface area (Å²) in [6.45, 7) is 1.80. The number of nitrogens with one attached hydrogen (secondary N) is 1. The summed E-state index contributed by atoms with van der Waals surface area (Å²) in [6.07, 6.45) is 0. The highest BCUT2D eigenvalue weighted by Crippen LogP contribution is 2.26. The molecule has 6 heteroatoms. The maximum Gasteiger partial charge on any atom is 0.261 e. The zero-order valence-electron chi connectivity index (χ0n) is 10.2. The Morgan fingerprint density at radius 1 is 1.11 bits per heavy atom. The number of nitrogen functional groups attached to an aromatic ring is 1. The summed E-state index contributed by atoms with van der Waals surface area (Å²) >= 11 is 3.27. The monoisotopic (exact) mass is 340 g/mol. The first-order valence-corrected chi connectivity index (χ1v) is 7.81. The zero-order chi connectivity index (χ0) is 14.0. The number of aryl methyl sites for hydroxylation is 1. The summed E-state index contributed by atoms with van der Waals surface area (Å²) in [5.41, 5.74) is 7.40. The Labute approximate surface area is 120 Å². The fraction of sp³-hybridized carbons (Fsp3) is 0.0769. The van der Waals surface area contributed by atoms with Crippen molar-refractivity contribution in [3.05, 3.63) is 52.5 Å². The second-order valence-electron chi connectivity index (χ2n) is 4.10. The molecular weight excluding hydrogens is 328 g/mol. The first kappa shape index (κ1) is 13.9. The molecule has 0 radical (unpaired) electrons. The van der Waals surface area contributed by atoms with Gasteiger partial charge in [0, 0.05) is 4.47 Å². The number of nitrogens with two attached hydrogens (primary N) is 1. The Kier molecular flexibility index (Phi) is 3.82. The van der Waals surface area contributed by atoms with Crippen molar-refractivity contribution in [1.82, 2.24) is 0 Å². The van der Waals surface area contributed by atoms with Crippen molar-refractivity contribution < 1.29 is 8.42 Å². The van der Waals surface area contributed by atoms with Crippen LogP contribution in [0.4, 0.5) is 11.4 Å². The van der Waals surface area contributed by atoms with Crippen molar-refractivity contribution >= 4 is 37.3 Å². The van der Waals surface area contributed by atoms with E-state index in [1.54, 1.807) is 37.3 Å². The van der Waals surface area contributed by atoms with Gasteiger partial charge >= 0.3 is 0 Å². The van der Waals surface area contributed by atoms with Gasteiger partial charge in [0.2, 0.25) is 0 Å². The van der Waals surface area contributed by atoms with Crippen LogP contribution >= 0.6 is 15.9 Å². The summed E-state index contributed by atoms with van der Waals surface area (Å²) < 4.78 is 27.8. The largest absolute Gasteiger partial charge is 0.397 e. The van der Waals surface area contributed by atoms with Crippen LogP contribution in [-0.4, -0.2) is 8.42 Å². The lowest BCUT2D eigenvalue weighted by Gasteiger charge is -2.12. The first-order valence-electron chi connectivity index (χ1n) is 5.53. The van der Waals surface area contributed by atoms with Crippen molar-refractivity contribution in [2.45, 2.75) is 11.8 Å². The normalized spacial score (nSPS) is 11.3. The maximum absolute atomic E-state index is 12.2. The van der Waals surface area contributed by atoms with Crippen LogP contribution in [0.5, 0.6) is 0 Å². The fourth-order valence-corrected chi connectivity index (χ4v) is 3.06. The van der Waals surface area contributed by atoms with Crippen LogP contribution in [-0.2, 0) is 10.0 Å². The Morgan fingerprint density at radius 2 is 1.74 bits per heavy atom. The molecule has 0 bridgehead atoms. The average Bonchev–Trinajstić information content (AvgIpc) is 2.35. The number of benzene rings is 2. The second-order valence-corrected chi connectivity index (χ2v) is 6.70. The average molecular weight is 341 g/mol. The number of hydrogen-bond acceptors (Lipinski definition) is 3. The first-order chi connectivity index (χ1) is 8.90. The van der Waals surface area contributed by atoms with E-state index in [1.165, 1.54) is 12.1 Å². The number of sulfonamides is 1. The van der Waals surface area contributed by atoms with E-state index in [9.17, 15) is 8.42 Å². The third-order valence-electron chi connectivity index (χ3n) is 2.67. The Hall–Kier alpha value is -1.53. The molecular formula is C13H13BrN2O2S. The van der Waals surface area contributed by atoms with Gasteiger partial charge in [0.1, 0.15) is 0 Å². The predicted octanol–water partition coefficient (Wildman–Crippen LogP) is 3.14. The van der Waals surface area contributed by atoms with E-state index in [4.69, 9.17) is 5.73 Å². The van der Waals surface area contributed by atoms with Crippen LogP contribution in [0.15, 0.2) is 51.8 Å². The molecule has 2 aromatic carbocycles. The number of anilines is 2. The number of rotatable bonds is 3. The minimum absolute atomic E-state index is 0.193. The van der Waals surface area contributed by atoms with Gasteiger partial charge in [0.15, 0.2) is 0 Å². The van der Waals surface area contributed by atoms with Gasteiger partial charge in [-0.2, -0.15) is 0 Å². The summed E-state index contributed by atoms with van der Waals surface area (Å²) in [6, 6.07) is 11.7. The molecule has 0 spiro atoms. The van der Waals surface area contributed by atoms with Crippen LogP contribution in [0.2, 0.25) is 0 Å². The third kappa shape index (κ3) is 3.08. The van der Waals surface area contributed by atoms with Gasteiger partial charge in [-0.3, -0.25) is 4.72 Å². The fourth-order valence-electron chi connectivity index (χ4n) is 1.64. The quantitative estimate of drug-likeness (QED) is 0.843.